The summed E-state index contributed by atoms with van der Waals surface area (Å²) < 4.78 is 29.9. The van der Waals surface area contributed by atoms with Gasteiger partial charge in [0.05, 0.1) is 11.9 Å². The average molecular weight is 342 g/mol. The highest BCUT2D eigenvalue weighted by atomic mass is 32.2. The van der Waals surface area contributed by atoms with Gasteiger partial charge in [0.15, 0.2) is 6.10 Å². The van der Waals surface area contributed by atoms with Crippen LogP contribution >= 0.6 is 0 Å². The Labute approximate surface area is 136 Å². The maximum atomic E-state index is 12.0. The van der Waals surface area contributed by atoms with Crippen LogP contribution in [0.3, 0.4) is 0 Å². The molecule has 23 heavy (non-hydrogen) atoms. The highest BCUT2D eigenvalue weighted by Crippen LogP contribution is 2.21. The predicted molar refractivity (Wildman–Crippen MR) is 87.6 cm³/mol. The third-order valence-corrected chi connectivity index (χ3v) is 4.21. The first-order chi connectivity index (χ1) is 10.7. The Morgan fingerprint density at radius 3 is 2.43 bits per heavy atom. The minimum absolute atomic E-state index is 0.401. The van der Waals surface area contributed by atoms with Crippen molar-refractivity contribution in [3.05, 3.63) is 29.8 Å². The van der Waals surface area contributed by atoms with Crippen LogP contribution < -0.4 is 9.62 Å². The molecule has 8 heteroatoms. The number of likely N-dealkylation sites (N-methyl/N-ethyl adjacent to an activating group) is 1. The molecular formula is C15H22N2O5S. The fraction of sp³-hybridized carbons (Fsp3) is 0.467. The summed E-state index contributed by atoms with van der Waals surface area (Å²) in [7, 11) is -3.67. The molecule has 0 radical (unpaired) electrons. The molecule has 0 heterocycles. The molecule has 0 aliphatic heterocycles. The van der Waals surface area contributed by atoms with Crippen molar-refractivity contribution in [3.63, 3.8) is 0 Å². The van der Waals surface area contributed by atoms with E-state index in [4.69, 9.17) is 4.74 Å². The van der Waals surface area contributed by atoms with Crippen LogP contribution in [0.4, 0.5) is 5.69 Å². The summed E-state index contributed by atoms with van der Waals surface area (Å²) in [6.07, 6.45) is 0.0284. The Balaban J connectivity index is 2.90. The lowest BCUT2D eigenvalue weighted by Gasteiger charge is -2.23. The van der Waals surface area contributed by atoms with Crippen molar-refractivity contribution < 1.29 is 22.7 Å². The number of aryl methyl sites for hydroxylation is 1. The van der Waals surface area contributed by atoms with Crippen LogP contribution in [-0.2, 0) is 24.3 Å². The zero-order chi connectivity index (χ0) is 17.6. The Morgan fingerprint density at radius 1 is 1.30 bits per heavy atom. The van der Waals surface area contributed by atoms with Crippen LogP contribution in [-0.4, -0.2) is 45.7 Å². The fourth-order valence-corrected chi connectivity index (χ4v) is 2.85. The number of nitrogens with zero attached hydrogens (tertiary/aromatic N) is 1. The first kappa shape index (κ1) is 19.0. The molecule has 0 spiro atoms. The van der Waals surface area contributed by atoms with E-state index < -0.39 is 34.5 Å². The van der Waals surface area contributed by atoms with Gasteiger partial charge in [0.1, 0.15) is 6.54 Å². The number of hydrogen-bond donors (Lipinski definition) is 1. The van der Waals surface area contributed by atoms with E-state index in [0.717, 1.165) is 10.6 Å². The van der Waals surface area contributed by atoms with Crippen LogP contribution in [0.2, 0.25) is 0 Å². The molecule has 0 fully saturated rings. The number of anilines is 1. The fourth-order valence-electron chi connectivity index (χ4n) is 1.95. The predicted octanol–water partition coefficient (Wildman–Crippen LogP) is 0.829. The van der Waals surface area contributed by atoms with Crippen LogP contribution in [0.25, 0.3) is 0 Å². The zero-order valence-corrected chi connectivity index (χ0v) is 14.5. The van der Waals surface area contributed by atoms with Gasteiger partial charge in [-0.1, -0.05) is 18.2 Å². The van der Waals surface area contributed by atoms with Crippen LogP contribution in [0, 0.1) is 6.92 Å². The van der Waals surface area contributed by atoms with E-state index in [9.17, 15) is 18.0 Å². The van der Waals surface area contributed by atoms with Crippen molar-refractivity contribution in [3.8, 4) is 0 Å². The summed E-state index contributed by atoms with van der Waals surface area (Å²) in [6.45, 7) is 4.85. The normalized spacial score (nSPS) is 12.3. The second kappa shape index (κ2) is 7.96. The minimum atomic E-state index is -3.67. The summed E-state index contributed by atoms with van der Waals surface area (Å²) in [5, 5.41) is 2.53. The Hall–Kier alpha value is -2.09. The molecule has 0 aliphatic rings. The monoisotopic (exact) mass is 342 g/mol. The molecule has 0 saturated carbocycles. The van der Waals surface area contributed by atoms with Gasteiger partial charge < -0.3 is 10.1 Å². The third-order valence-electron chi connectivity index (χ3n) is 3.09. The lowest BCUT2D eigenvalue weighted by molar-refractivity contribution is -0.153. The molecule has 0 aromatic heterocycles. The van der Waals surface area contributed by atoms with Gasteiger partial charge >= 0.3 is 5.97 Å². The maximum Gasteiger partial charge on any atom is 0.327 e. The van der Waals surface area contributed by atoms with Gasteiger partial charge in [-0.3, -0.25) is 13.9 Å². The molecule has 0 aliphatic carbocycles. The summed E-state index contributed by atoms with van der Waals surface area (Å²) >= 11 is 0. The van der Waals surface area contributed by atoms with Crippen molar-refractivity contribution in [1.29, 1.82) is 0 Å². The molecule has 0 unspecified atom stereocenters. The van der Waals surface area contributed by atoms with Crippen molar-refractivity contribution in [2.45, 2.75) is 26.9 Å². The molecular weight excluding hydrogens is 320 g/mol. The van der Waals surface area contributed by atoms with Crippen molar-refractivity contribution in [2.24, 2.45) is 0 Å². The SMILES string of the molecule is CCNC(=O)[C@H](C)OC(=O)CN(c1ccccc1C)S(C)(=O)=O. The minimum Gasteiger partial charge on any atom is -0.451 e. The molecule has 7 nitrogen and oxygen atoms in total. The lowest BCUT2D eigenvalue weighted by Crippen LogP contribution is -2.40. The number of ether oxygens (including phenoxy) is 1. The summed E-state index contributed by atoms with van der Waals surface area (Å²) in [5.74, 6) is -1.22. The number of nitrogens with one attached hydrogen (secondary N) is 1. The van der Waals surface area contributed by atoms with Crippen LogP contribution in [0.5, 0.6) is 0 Å². The molecule has 1 aromatic rings. The standard InChI is InChI=1S/C15H22N2O5S/c1-5-16-15(19)12(3)22-14(18)10-17(23(4,20)21)13-9-7-6-8-11(13)2/h6-9,12H,5,10H2,1-4H3,(H,16,19)/t12-/m0/s1. The number of amides is 1. The molecule has 1 rings (SSSR count). The van der Waals surface area contributed by atoms with Crippen LogP contribution in [0.15, 0.2) is 24.3 Å². The van der Waals surface area contributed by atoms with E-state index in [0.29, 0.717) is 17.8 Å². The number of sulfonamides is 1. The van der Waals surface area contributed by atoms with E-state index in [1.54, 1.807) is 38.1 Å². The zero-order valence-electron chi connectivity index (χ0n) is 13.7. The number of rotatable bonds is 7. The van der Waals surface area contributed by atoms with Crippen molar-refractivity contribution in [2.75, 3.05) is 23.7 Å². The first-order valence-electron chi connectivity index (χ1n) is 7.17. The Bertz CT molecular complexity index is 672. The topological polar surface area (TPSA) is 92.8 Å². The molecule has 1 amide bonds. The van der Waals surface area contributed by atoms with E-state index in [1.807, 2.05) is 0 Å². The summed E-state index contributed by atoms with van der Waals surface area (Å²) in [6, 6.07) is 6.81. The first-order valence-corrected chi connectivity index (χ1v) is 9.02. The van der Waals surface area contributed by atoms with Gasteiger partial charge in [0.2, 0.25) is 10.0 Å². The summed E-state index contributed by atoms with van der Waals surface area (Å²) in [5.41, 5.74) is 1.11. The number of carbonyl (C=O) groups excluding carboxylic acids is 2. The van der Waals surface area contributed by atoms with Crippen molar-refractivity contribution >= 4 is 27.6 Å². The van der Waals surface area contributed by atoms with Crippen molar-refractivity contribution in [1.82, 2.24) is 5.32 Å². The number of para-hydroxylation sites is 1. The number of carbonyl (C=O) groups is 2. The van der Waals surface area contributed by atoms with Gasteiger partial charge in [-0.05, 0) is 32.4 Å². The second-order valence-electron chi connectivity index (χ2n) is 5.08. The number of esters is 1. The molecule has 1 atom stereocenters. The smallest absolute Gasteiger partial charge is 0.327 e. The van der Waals surface area contributed by atoms with Gasteiger partial charge in [0.25, 0.3) is 5.91 Å². The molecule has 1 N–H and O–H groups in total. The third kappa shape index (κ3) is 5.55. The highest BCUT2D eigenvalue weighted by molar-refractivity contribution is 7.92. The van der Waals surface area contributed by atoms with E-state index in [-0.39, 0.29) is 0 Å². The second-order valence-corrected chi connectivity index (χ2v) is 6.99. The Kier molecular flexibility index (Phi) is 6.56. The maximum absolute atomic E-state index is 12.0. The average Bonchev–Trinajstić information content (AvgIpc) is 2.44. The molecule has 128 valence electrons. The summed E-state index contributed by atoms with van der Waals surface area (Å²) in [4.78, 5) is 23.6. The van der Waals surface area contributed by atoms with Gasteiger partial charge in [0, 0.05) is 6.54 Å². The van der Waals surface area contributed by atoms with Gasteiger partial charge in [-0.15, -0.1) is 0 Å². The van der Waals surface area contributed by atoms with E-state index >= 15 is 0 Å². The number of hydrogen-bond acceptors (Lipinski definition) is 5. The van der Waals surface area contributed by atoms with E-state index in [1.165, 1.54) is 6.92 Å². The quantitative estimate of drug-likeness (QED) is 0.741. The number of benzene rings is 1. The van der Waals surface area contributed by atoms with Crippen LogP contribution in [0.1, 0.15) is 19.4 Å². The molecule has 0 bridgehead atoms. The van der Waals surface area contributed by atoms with Gasteiger partial charge in [-0.25, -0.2) is 8.42 Å². The van der Waals surface area contributed by atoms with E-state index in [2.05, 4.69) is 5.32 Å². The molecule has 0 saturated heterocycles. The highest BCUT2D eigenvalue weighted by Gasteiger charge is 2.25. The van der Waals surface area contributed by atoms with Gasteiger partial charge in [-0.2, -0.15) is 0 Å². The lowest BCUT2D eigenvalue weighted by atomic mass is 10.2. The largest absolute Gasteiger partial charge is 0.451 e. The molecule has 1 aromatic carbocycles. The Morgan fingerprint density at radius 2 is 1.91 bits per heavy atom.